The van der Waals surface area contributed by atoms with Gasteiger partial charge in [0.15, 0.2) is 0 Å². The third-order valence-electron chi connectivity index (χ3n) is 5.63. The van der Waals surface area contributed by atoms with Crippen molar-refractivity contribution in [3.05, 3.63) is 30.1 Å². The molecule has 6 heteroatoms. The van der Waals surface area contributed by atoms with Crippen LogP contribution in [0.5, 0.6) is 0 Å². The molecular formula is C17H24N4O2. The molecule has 2 aliphatic carbocycles. The van der Waals surface area contributed by atoms with Gasteiger partial charge in [0, 0.05) is 18.2 Å². The third kappa shape index (κ3) is 2.86. The zero-order valence-electron chi connectivity index (χ0n) is 13.1. The smallest absolute Gasteiger partial charge is 0.239 e. The summed E-state index contributed by atoms with van der Waals surface area (Å²) < 4.78 is 0. The molecule has 1 aromatic heterocycles. The number of aliphatic hydroxyl groups is 1. The Morgan fingerprint density at radius 1 is 1.30 bits per heavy atom. The van der Waals surface area contributed by atoms with E-state index < -0.39 is 0 Å². The highest BCUT2D eigenvalue weighted by atomic mass is 16.3. The number of hydrogen-bond donors (Lipinski definition) is 4. The van der Waals surface area contributed by atoms with Gasteiger partial charge in [-0.25, -0.2) is 5.43 Å². The molecule has 4 atom stereocenters. The van der Waals surface area contributed by atoms with E-state index in [0.29, 0.717) is 12.0 Å². The first kappa shape index (κ1) is 15.1. The predicted octanol–water partition coefficient (Wildman–Crippen LogP) is 0.655. The first-order chi connectivity index (χ1) is 11.2. The number of nitrogens with one attached hydrogen (secondary N) is 3. The highest BCUT2D eigenvalue weighted by Gasteiger charge is 2.44. The summed E-state index contributed by atoms with van der Waals surface area (Å²) in [5.41, 5.74) is 7.31. The summed E-state index contributed by atoms with van der Waals surface area (Å²) in [7, 11) is 0. The van der Waals surface area contributed by atoms with Crippen LogP contribution in [0.1, 0.15) is 43.8 Å². The monoisotopic (exact) mass is 316 g/mol. The minimum absolute atomic E-state index is 0.0453. The molecule has 2 heterocycles. The van der Waals surface area contributed by atoms with Gasteiger partial charge in [-0.15, -0.1) is 0 Å². The van der Waals surface area contributed by atoms with Crippen LogP contribution in [-0.4, -0.2) is 34.2 Å². The average Bonchev–Trinajstić information content (AvgIpc) is 3.13. The highest BCUT2D eigenvalue weighted by Crippen LogP contribution is 2.38. The maximum atomic E-state index is 12.8. The first-order valence-electron chi connectivity index (χ1n) is 8.63. The molecule has 0 radical (unpaired) electrons. The van der Waals surface area contributed by atoms with Crippen molar-refractivity contribution in [2.24, 2.45) is 11.8 Å². The molecule has 0 aromatic carbocycles. The van der Waals surface area contributed by atoms with Gasteiger partial charge in [0.2, 0.25) is 5.91 Å². The van der Waals surface area contributed by atoms with Crippen molar-refractivity contribution in [1.29, 1.82) is 0 Å². The summed E-state index contributed by atoms with van der Waals surface area (Å²) in [4.78, 5) is 17.2. The molecule has 1 aromatic rings. The van der Waals surface area contributed by atoms with Crippen LogP contribution in [0.2, 0.25) is 0 Å². The Balaban J connectivity index is 1.48. The summed E-state index contributed by atoms with van der Waals surface area (Å²) in [6, 6.07) is 5.91. The zero-order valence-corrected chi connectivity index (χ0v) is 13.1. The second-order valence-corrected chi connectivity index (χ2v) is 7.09. The van der Waals surface area contributed by atoms with Crippen LogP contribution in [0.25, 0.3) is 0 Å². The van der Waals surface area contributed by atoms with E-state index in [-0.39, 0.29) is 30.0 Å². The maximum Gasteiger partial charge on any atom is 0.239 e. The molecule has 4 N–H and O–H groups in total. The van der Waals surface area contributed by atoms with Gasteiger partial charge in [0.1, 0.15) is 6.04 Å². The average molecular weight is 316 g/mol. The van der Waals surface area contributed by atoms with Crippen molar-refractivity contribution in [2.75, 3.05) is 0 Å². The lowest BCUT2D eigenvalue weighted by atomic mass is 9.76. The van der Waals surface area contributed by atoms with Crippen molar-refractivity contribution in [2.45, 2.75) is 56.3 Å². The number of aromatic nitrogens is 1. The number of rotatable bonds is 4. The zero-order chi connectivity index (χ0) is 15.8. The molecule has 4 rings (SSSR count). The first-order valence-corrected chi connectivity index (χ1v) is 8.63. The Bertz CT molecular complexity index is 561. The Hall–Kier alpha value is -1.50. The third-order valence-corrected chi connectivity index (χ3v) is 5.63. The van der Waals surface area contributed by atoms with Gasteiger partial charge < -0.3 is 10.4 Å². The van der Waals surface area contributed by atoms with Crippen molar-refractivity contribution < 1.29 is 9.90 Å². The fraction of sp³-hybridized carbons (Fsp3) is 0.647. The van der Waals surface area contributed by atoms with Gasteiger partial charge in [-0.2, -0.15) is 0 Å². The fourth-order valence-electron chi connectivity index (χ4n) is 4.27. The minimum atomic E-state index is -0.242. The summed E-state index contributed by atoms with van der Waals surface area (Å²) in [5, 5.41) is 12.8. The number of amides is 1. The van der Waals surface area contributed by atoms with E-state index in [2.05, 4.69) is 21.2 Å². The quantitative estimate of drug-likeness (QED) is 0.655. The van der Waals surface area contributed by atoms with E-state index in [1.807, 2.05) is 18.2 Å². The Kier molecular flexibility index (Phi) is 4.05. The molecule has 1 saturated heterocycles. The molecule has 3 fully saturated rings. The molecule has 1 aliphatic heterocycles. The van der Waals surface area contributed by atoms with Crippen LogP contribution < -0.4 is 16.2 Å². The van der Waals surface area contributed by atoms with Crippen LogP contribution in [0, 0.1) is 11.8 Å². The van der Waals surface area contributed by atoms with E-state index >= 15 is 0 Å². The minimum Gasteiger partial charge on any atom is -0.393 e. The van der Waals surface area contributed by atoms with Crippen molar-refractivity contribution in [1.82, 2.24) is 21.2 Å². The summed E-state index contributed by atoms with van der Waals surface area (Å²) in [5.74, 6) is 0.688. The number of aliphatic hydroxyl groups excluding tert-OH is 1. The molecule has 6 nitrogen and oxygen atoms in total. The van der Waals surface area contributed by atoms with Crippen LogP contribution in [-0.2, 0) is 4.79 Å². The Morgan fingerprint density at radius 3 is 2.91 bits per heavy atom. The van der Waals surface area contributed by atoms with Gasteiger partial charge >= 0.3 is 0 Å². The second-order valence-electron chi connectivity index (χ2n) is 7.09. The van der Waals surface area contributed by atoms with Gasteiger partial charge in [0.05, 0.1) is 17.8 Å². The van der Waals surface area contributed by atoms with Crippen molar-refractivity contribution >= 4 is 5.91 Å². The number of hydrazine groups is 1. The molecule has 0 spiro atoms. The molecule has 1 amide bonds. The molecule has 23 heavy (non-hydrogen) atoms. The van der Waals surface area contributed by atoms with E-state index in [1.54, 1.807) is 6.20 Å². The molecule has 124 valence electrons. The van der Waals surface area contributed by atoms with Crippen LogP contribution in [0.3, 0.4) is 0 Å². The van der Waals surface area contributed by atoms with E-state index in [9.17, 15) is 9.90 Å². The summed E-state index contributed by atoms with van der Waals surface area (Å²) in [6.45, 7) is 0. The predicted molar refractivity (Wildman–Crippen MR) is 85.0 cm³/mol. The van der Waals surface area contributed by atoms with Gasteiger partial charge in [-0.1, -0.05) is 12.5 Å². The summed E-state index contributed by atoms with van der Waals surface area (Å²) >= 11 is 0. The highest BCUT2D eigenvalue weighted by molar-refractivity contribution is 5.83. The normalized spacial score (nSPS) is 37.0. The Labute approximate surface area is 136 Å². The fourth-order valence-corrected chi connectivity index (χ4v) is 4.27. The van der Waals surface area contributed by atoms with Crippen molar-refractivity contribution in [3.63, 3.8) is 0 Å². The maximum absolute atomic E-state index is 12.8. The van der Waals surface area contributed by atoms with Crippen LogP contribution >= 0.6 is 0 Å². The van der Waals surface area contributed by atoms with Crippen molar-refractivity contribution in [3.8, 4) is 0 Å². The number of pyridine rings is 1. The number of carbonyl (C=O) groups is 1. The molecule has 2 saturated carbocycles. The van der Waals surface area contributed by atoms with E-state index in [0.717, 1.165) is 31.4 Å². The van der Waals surface area contributed by atoms with Gasteiger partial charge in [0.25, 0.3) is 0 Å². The largest absolute Gasteiger partial charge is 0.393 e. The topological polar surface area (TPSA) is 86.3 Å². The lowest BCUT2D eigenvalue weighted by molar-refractivity contribution is -0.125. The van der Waals surface area contributed by atoms with Gasteiger partial charge in [-0.3, -0.25) is 15.2 Å². The summed E-state index contributed by atoms with van der Waals surface area (Å²) in [6.07, 6.45) is 6.39. The molecule has 4 unspecified atom stereocenters. The van der Waals surface area contributed by atoms with Crippen LogP contribution in [0.4, 0.5) is 0 Å². The standard InChI is InChI=1S/C17H24N4O2/c22-11-8-10(9-11)15(14-5-1-2-7-18-14)19-17(23)16-12-4-3-6-13(12)20-21-16/h1-2,5,7,10-13,15-16,20-22H,3-4,6,8-9H2,(H,19,23). The molecule has 3 aliphatic rings. The lowest BCUT2D eigenvalue weighted by Crippen LogP contribution is -2.50. The Morgan fingerprint density at radius 2 is 2.17 bits per heavy atom. The van der Waals surface area contributed by atoms with E-state index in [4.69, 9.17) is 0 Å². The van der Waals surface area contributed by atoms with Crippen LogP contribution in [0.15, 0.2) is 24.4 Å². The lowest BCUT2D eigenvalue weighted by Gasteiger charge is -2.38. The van der Waals surface area contributed by atoms with Gasteiger partial charge in [-0.05, 0) is 43.7 Å². The number of hydrogen-bond acceptors (Lipinski definition) is 5. The number of fused-ring (bicyclic) bond motifs is 1. The van der Waals surface area contributed by atoms with E-state index in [1.165, 1.54) is 6.42 Å². The number of nitrogens with zero attached hydrogens (tertiary/aromatic N) is 1. The second kappa shape index (κ2) is 6.19. The molecule has 0 bridgehead atoms. The number of carbonyl (C=O) groups excluding carboxylic acids is 1. The molecular weight excluding hydrogens is 292 g/mol. The SMILES string of the molecule is O=C(NC(c1ccccn1)C1CC(O)C1)C1NNC2CCCC21.